The molecule has 2 aromatic rings. The molecule has 3 rings (SSSR count). The zero-order valence-corrected chi connectivity index (χ0v) is 18.6. The Balaban J connectivity index is 0.00000280. The molecular formula is C21H28IN3O3. The molecule has 0 aliphatic carbocycles. The molecule has 7 heteroatoms. The topological polar surface area (TPSA) is 78.1 Å². The van der Waals surface area contributed by atoms with Crippen LogP contribution in [0, 0.1) is 0 Å². The Bertz CT molecular complexity index is 778. The average molecular weight is 497 g/mol. The van der Waals surface area contributed by atoms with E-state index in [0.717, 1.165) is 31.7 Å². The molecule has 28 heavy (non-hydrogen) atoms. The standard InChI is InChI=1S/C21H27N3O3.HI/c1-25-18-9-8-17(14-19(18)26-2)24-20(22)23-15-21(10-12-27-13-11-21)16-6-4-3-5-7-16;/h3-9,14H,10-13,15H2,1-2H3,(H3,22,23,24);1H. The number of ether oxygens (including phenoxy) is 3. The van der Waals surface area contributed by atoms with E-state index in [1.54, 1.807) is 14.2 Å². The van der Waals surface area contributed by atoms with Gasteiger partial charge < -0.3 is 25.3 Å². The van der Waals surface area contributed by atoms with Crippen LogP contribution in [0.3, 0.4) is 0 Å². The Kier molecular flexibility index (Phi) is 8.37. The largest absolute Gasteiger partial charge is 0.493 e. The summed E-state index contributed by atoms with van der Waals surface area (Å²) in [6.45, 7) is 2.10. The molecule has 1 fully saturated rings. The van der Waals surface area contributed by atoms with Gasteiger partial charge in [0.1, 0.15) is 0 Å². The molecule has 3 N–H and O–H groups in total. The minimum absolute atomic E-state index is 0. The molecule has 0 unspecified atom stereocenters. The van der Waals surface area contributed by atoms with Crippen molar-refractivity contribution in [3.8, 4) is 11.5 Å². The quantitative estimate of drug-likeness (QED) is 0.361. The van der Waals surface area contributed by atoms with Crippen LogP contribution in [0.5, 0.6) is 11.5 Å². The first-order valence-electron chi connectivity index (χ1n) is 9.09. The lowest BCUT2D eigenvalue weighted by molar-refractivity contribution is 0.0531. The van der Waals surface area contributed by atoms with Gasteiger partial charge in [0, 0.05) is 30.4 Å². The van der Waals surface area contributed by atoms with Crippen LogP contribution in [-0.4, -0.2) is 39.9 Å². The van der Waals surface area contributed by atoms with E-state index in [4.69, 9.17) is 19.9 Å². The highest BCUT2D eigenvalue weighted by Gasteiger charge is 2.34. The van der Waals surface area contributed by atoms with Gasteiger partial charge >= 0.3 is 0 Å². The highest BCUT2D eigenvalue weighted by atomic mass is 127. The number of nitrogens with zero attached hydrogens (tertiary/aromatic N) is 1. The van der Waals surface area contributed by atoms with Crippen molar-refractivity contribution >= 4 is 35.6 Å². The van der Waals surface area contributed by atoms with Gasteiger partial charge in [0.15, 0.2) is 17.5 Å². The minimum atomic E-state index is -0.0383. The van der Waals surface area contributed by atoms with Gasteiger partial charge in [-0.3, -0.25) is 4.99 Å². The van der Waals surface area contributed by atoms with E-state index in [-0.39, 0.29) is 29.4 Å². The summed E-state index contributed by atoms with van der Waals surface area (Å²) in [4.78, 5) is 4.65. The number of anilines is 1. The van der Waals surface area contributed by atoms with E-state index in [1.165, 1.54) is 5.56 Å². The number of aliphatic imine (C=N–C) groups is 1. The van der Waals surface area contributed by atoms with Crippen LogP contribution >= 0.6 is 24.0 Å². The van der Waals surface area contributed by atoms with Crippen molar-refractivity contribution in [2.45, 2.75) is 18.3 Å². The summed E-state index contributed by atoms with van der Waals surface area (Å²) in [6, 6.07) is 16.1. The van der Waals surface area contributed by atoms with E-state index in [9.17, 15) is 0 Å². The van der Waals surface area contributed by atoms with E-state index in [0.29, 0.717) is 24.0 Å². The Morgan fingerprint density at radius 3 is 2.39 bits per heavy atom. The SMILES string of the molecule is COc1ccc(NC(N)=NCC2(c3ccccc3)CCOCC2)cc1OC.I. The zero-order valence-electron chi connectivity index (χ0n) is 16.3. The number of methoxy groups -OCH3 is 2. The number of benzene rings is 2. The summed E-state index contributed by atoms with van der Waals surface area (Å²) >= 11 is 0. The van der Waals surface area contributed by atoms with Crippen LogP contribution in [0.15, 0.2) is 53.5 Å². The number of hydrogen-bond donors (Lipinski definition) is 2. The van der Waals surface area contributed by atoms with Crippen molar-refractivity contribution in [3.05, 3.63) is 54.1 Å². The monoisotopic (exact) mass is 497 g/mol. The summed E-state index contributed by atoms with van der Waals surface area (Å²) in [5.74, 6) is 1.69. The molecular weight excluding hydrogens is 469 g/mol. The second-order valence-electron chi connectivity index (χ2n) is 6.65. The van der Waals surface area contributed by atoms with Crippen molar-refractivity contribution in [1.82, 2.24) is 0 Å². The lowest BCUT2D eigenvalue weighted by atomic mass is 9.74. The molecule has 0 radical (unpaired) electrons. The molecule has 0 spiro atoms. The maximum atomic E-state index is 6.16. The number of halogens is 1. The van der Waals surface area contributed by atoms with E-state index in [1.807, 2.05) is 24.3 Å². The maximum absolute atomic E-state index is 6.16. The zero-order chi connectivity index (χ0) is 19.1. The van der Waals surface area contributed by atoms with Crippen LogP contribution in [0.2, 0.25) is 0 Å². The second-order valence-corrected chi connectivity index (χ2v) is 6.65. The third-order valence-corrected chi connectivity index (χ3v) is 5.04. The smallest absolute Gasteiger partial charge is 0.193 e. The molecule has 1 heterocycles. The molecule has 1 aliphatic heterocycles. The van der Waals surface area contributed by atoms with Crippen molar-refractivity contribution in [3.63, 3.8) is 0 Å². The molecule has 1 aliphatic rings. The van der Waals surface area contributed by atoms with Gasteiger partial charge in [-0.1, -0.05) is 30.3 Å². The Hall–Kier alpha value is -2.00. The third kappa shape index (κ3) is 5.29. The summed E-state index contributed by atoms with van der Waals surface area (Å²) in [5, 5.41) is 3.14. The molecule has 152 valence electrons. The number of guanidine groups is 1. The molecule has 0 atom stereocenters. The third-order valence-electron chi connectivity index (χ3n) is 5.04. The fourth-order valence-corrected chi connectivity index (χ4v) is 3.43. The summed E-state index contributed by atoms with van der Waals surface area (Å²) < 4.78 is 16.2. The lowest BCUT2D eigenvalue weighted by Gasteiger charge is -2.36. The van der Waals surface area contributed by atoms with Gasteiger partial charge in [-0.2, -0.15) is 0 Å². The minimum Gasteiger partial charge on any atom is -0.493 e. The predicted octanol–water partition coefficient (Wildman–Crippen LogP) is 3.80. The molecule has 0 aromatic heterocycles. The van der Waals surface area contributed by atoms with Gasteiger partial charge in [0.2, 0.25) is 0 Å². The highest BCUT2D eigenvalue weighted by molar-refractivity contribution is 14.0. The lowest BCUT2D eigenvalue weighted by Crippen LogP contribution is -2.38. The molecule has 0 saturated carbocycles. The number of nitrogens with one attached hydrogen (secondary N) is 1. The van der Waals surface area contributed by atoms with Gasteiger partial charge in [-0.05, 0) is 30.5 Å². The van der Waals surface area contributed by atoms with Crippen molar-refractivity contribution < 1.29 is 14.2 Å². The fraction of sp³-hybridized carbons (Fsp3) is 0.381. The molecule has 6 nitrogen and oxygen atoms in total. The first-order valence-corrected chi connectivity index (χ1v) is 9.09. The van der Waals surface area contributed by atoms with Crippen LogP contribution in [0.4, 0.5) is 5.69 Å². The summed E-state index contributed by atoms with van der Waals surface area (Å²) in [5.41, 5.74) is 8.21. The Morgan fingerprint density at radius 2 is 1.75 bits per heavy atom. The molecule has 2 aromatic carbocycles. The van der Waals surface area contributed by atoms with E-state index < -0.39 is 0 Å². The molecule has 1 saturated heterocycles. The van der Waals surface area contributed by atoms with Crippen LogP contribution < -0.4 is 20.5 Å². The number of rotatable bonds is 6. The van der Waals surface area contributed by atoms with Crippen LogP contribution in [0.25, 0.3) is 0 Å². The fourth-order valence-electron chi connectivity index (χ4n) is 3.43. The maximum Gasteiger partial charge on any atom is 0.193 e. The number of nitrogens with two attached hydrogens (primary N) is 1. The Morgan fingerprint density at radius 1 is 1.07 bits per heavy atom. The van der Waals surface area contributed by atoms with Gasteiger partial charge in [0.25, 0.3) is 0 Å². The normalized spacial score (nSPS) is 16.0. The van der Waals surface area contributed by atoms with E-state index >= 15 is 0 Å². The van der Waals surface area contributed by atoms with Gasteiger partial charge in [0.05, 0.1) is 20.8 Å². The van der Waals surface area contributed by atoms with Crippen LogP contribution in [0.1, 0.15) is 18.4 Å². The average Bonchev–Trinajstić information content (AvgIpc) is 2.73. The van der Waals surface area contributed by atoms with Crippen molar-refractivity contribution in [1.29, 1.82) is 0 Å². The van der Waals surface area contributed by atoms with E-state index in [2.05, 4.69) is 34.6 Å². The predicted molar refractivity (Wildman–Crippen MR) is 123 cm³/mol. The number of hydrogen-bond acceptors (Lipinski definition) is 4. The second kappa shape index (κ2) is 10.5. The summed E-state index contributed by atoms with van der Waals surface area (Å²) in [7, 11) is 3.21. The summed E-state index contributed by atoms with van der Waals surface area (Å²) in [6.07, 6.45) is 1.87. The van der Waals surface area contributed by atoms with Gasteiger partial charge in [-0.15, -0.1) is 24.0 Å². The first-order chi connectivity index (χ1) is 13.2. The van der Waals surface area contributed by atoms with Crippen molar-refractivity contribution in [2.75, 3.05) is 39.3 Å². The first kappa shape index (κ1) is 22.3. The van der Waals surface area contributed by atoms with Crippen molar-refractivity contribution in [2.24, 2.45) is 10.7 Å². The highest BCUT2D eigenvalue weighted by Crippen LogP contribution is 2.35. The molecule has 0 amide bonds. The molecule has 0 bridgehead atoms. The van der Waals surface area contributed by atoms with Crippen LogP contribution in [-0.2, 0) is 10.2 Å². The van der Waals surface area contributed by atoms with Gasteiger partial charge in [-0.25, -0.2) is 0 Å². The Labute approximate surface area is 183 Å².